The van der Waals surface area contributed by atoms with Crippen molar-refractivity contribution in [3.05, 3.63) is 72.1 Å². The molecular formula is C19H17N3O4. The fourth-order valence-corrected chi connectivity index (χ4v) is 2.31. The van der Waals surface area contributed by atoms with Crippen molar-refractivity contribution >= 4 is 11.8 Å². The Hall–Kier alpha value is -3.48. The van der Waals surface area contributed by atoms with E-state index in [1.165, 1.54) is 17.9 Å². The minimum Gasteiger partial charge on any atom is -0.497 e. The van der Waals surface area contributed by atoms with Gasteiger partial charge in [-0.15, -0.1) is 5.10 Å². The average molecular weight is 351 g/mol. The lowest BCUT2D eigenvalue weighted by molar-refractivity contribution is 0.0312. The smallest absolute Gasteiger partial charge is 0.361 e. The van der Waals surface area contributed by atoms with Crippen LogP contribution in [0.15, 0.2) is 60.8 Å². The Kier molecular flexibility index (Phi) is 5.07. The summed E-state index contributed by atoms with van der Waals surface area (Å²) in [4.78, 5) is 25.9. The first-order chi connectivity index (χ1) is 12.6. The fourth-order valence-electron chi connectivity index (χ4n) is 2.31. The molecule has 3 rings (SSSR count). The number of methoxy groups -OCH3 is 1. The number of esters is 1. The van der Waals surface area contributed by atoms with Crippen molar-refractivity contribution in [1.82, 2.24) is 15.0 Å². The van der Waals surface area contributed by atoms with Gasteiger partial charge in [-0.25, -0.2) is 4.79 Å². The zero-order valence-electron chi connectivity index (χ0n) is 14.3. The molecule has 2 aromatic carbocycles. The van der Waals surface area contributed by atoms with Crippen molar-refractivity contribution in [2.75, 3.05) is 7.11 Å². The van der Waals surface area contributed by atoms with Gasteiger partial charge >= 0.3 is 5.97 Å². The van der Waals surface area contributed by atoms with Gasteiger partial charge in [0.15, 0.2) is 11.8 Å². The molecule has 0 saturated heterocycles. The Balaban J connectivity index is 1.67. The van der Waals surface area contributed by atoms with E-state index in [1.54, 1.807) is 31.4 Å². The third kappa shape index (κ3) is 3.77. The molecule has 3 aromatic rings. The third-order valence-corrected chi connectivity index (χ3v) is 3.72. The lowest BCUT2D eigenvalue weighted by Gasteiger charge is -2.11. The summed E-state index contributed by atoms with van der Waals surface area (Å²) in [6, 6.07) is 15.8. The first-order valence-corrected chi connectivity index (χ1v) is 7.95. The second kappa shape index (κ2) is 7.60. The molecule has 26 heavy (non-hydrogen) atoms. The number of hydrogen-bond acceptors (Lipinski definition) is 6. The zero-order valence-corrected chi connectivity index (χ0v) is 14.3. The predicted octanol–water partition coefficient (Wildman–Crippen LogP) is 2.70. The number of nitrogens with zero attached hydrogens (tertiary/aromatic N) is 3. The number of hydrogen-bond donors (Lipinski definition) is 0. The summed E-state index contributed by atoms with van der Waals surface area (Å²) < 4.78 is 10.3. The standard InChI is InChI=1S/C19H17N3O4/c1-13(18(23)14-8-10-16(25-2)11-9-14)26-19(24)17-12-20-22(21-17)15-6-4-3-5-7-15/h3-13H,1-2H3. The maximum absolute atomic E-state index is 12.4. The monoisotopic (exact) mass is 351 g/mol. The number of carbonyl (C=O) groups is 2. The SMILES string of the molecule is COc1ccc(C(=O)C(C)OC(=O)c2cnn(-c3ccccc3)n2)cc1. The van der Waals surface area contributed by atoms with Crippen molar-refractivity contribution in [2.24, 2.45) is 0 Å². The fraction of sp³-hybridized carbons (Fsp3) is 0.158. The van der Waals surface area contributed by atoms with E-state index in [-0.39, 0.29) is 11.5 Å². The largest absolute Gasteiger partial charge is 0.497 e. The Morgan fingerprint density at radius 1 is 1.04 bits per heavy atom. The van der Waals surface area contributed by atoms with Crippen molar-refractivity contribution in [3.63, 3.8) is 0 Å². The molecule has 0 bridgehead atoms. The highest BCUT2D eigenvalue weighted by Crippen LogP contribution is 2.14. The summed E-state index contributed by atoms with van der Waals surface area (Å²) in [7, 11) is 1.55. The second-order valence-electron chi connectivity index (χ2n) is 5.50. The van der Waals surface area contributed by atoms with Gasteiger partial charge in [-0.1, -0.05) is 18.2 Å². The van der Waals surface area contributed by atoms with Gasteiger partial charge < -0.3 is 9.47 Å². The van der Waals surface area contributed by atoms with Gasteiger partial charge in [-0.05, 0) is 43.3 Å². The van der Waals surface area contributed by atoms with Crippen molar-refractivity contribution in [2.45, 2.75) is 13.0 Å². The Morgan fingerprint density at radius 2 is 1.73 bits per heavy atom. The Morgan fingerprint density at radius 3 is 2.38 bits per heavy atom. The number of ether oxygens (including phenoxy) is 2. The van der Waals surface area contributed by atoms with Crippen LogP contribution in [-0.4, -0.2) is 40.0 Å². The number of carbonyl (C=O) groups excluding carboxylic acids is 2. The van der Waals surface area contributed by atoms with E-state index in [1.807, 2.05) is 30.3 Å². The van der Waals surface area contributed by atoms with Gasteiger partial charge in [-0.3, -0.25) is 4.79 Å². The number of aromatic nitrogens is 3. The van der Waals surface area contributed by atoms with Crippen LogP contribution in [0.1, 0.15) is 27.8 Å². The van der Waals surface area contributed by atoms with Crippen LogP contribution in [0.2, 0.25) is 0 Å². The van der Waals surface area contributed by atoms with Gasteiger partial charge in [0.2, 0.25) is 5.78 Å². The Bertz CT molecular complexity index is 904. The summed E-state index contributed by atoms with van der Waals surface area (Å²) in [6.45, 7) is 1.52. The molecule has 1 heterocycles. The highest BCUT2D eigenvalue weighted by Gasteiger charge is 2.22. The van der Waals surface area contributed by atoms with E-state index in [0.29, 0.717) is 17.0 Å². The van der Waals surface area contributed by atoms with Gasteiger partial charge in [-0.2, -0.15) is 9.90 Å². The summed E-state index contributed by atoms with van der Waals surface area (Å²) in [6.07, 6.45) is 0.359. The molecule has 7 nitrogen and oxygen atoms in total. The molecule has 0 spiro atoms. The van der Waals surface area contributed by atoms with Gasteiger partial charge in [0.25, 0.3) is 0 Å². The predicted molar refractivity (Wildman–Crippen MR) is 93.6 cm³/mol. The van der Waals surface area contributed by atoms with Crippen molar-refractivity contribution in [3.8, 4) is 11.4 Å². The van der Waals surface area contributed by atoms with Gasteiger partial charge in [0, 0.05) is 5.56 Å². The molecule has 0 saturated carbocycles. The van der Waals surface area contributed by atoms with E-state index in [0.717, 1.165) is 0 Å². The molecule has 1 atom stereocenters. The first kappa shape index (κ1) is 17.3. The molecule has 0 amide bonds. The lowest BCUT2D eigenvalue weighted by Crippen LogP contribution is -2.24. The number of benzene rings is 2. The maximum Gasteiger partial charge on any atom is 0.361 e. The van der Waals surface area contributed by atoms with Crippen LogP contribution in [0.3, 0.4) is 0 Å². The molecule has 1 unspecified atom stereocenters. The van der Waals surface area contributed by atoms with Crippen LogP contribution in [0, 0.1) is 0 Å². The highest BCUT2D eigenvalue weighted by molar-refractivity contribution is 6.01. The molecule has 0 aliphatic carbocycles. The van der Waals surface area contributed by atoms with E-state index >= 15 is 0 Å². The molecule has 0 fully saturated rings. The lowest BCUT2D eigenvalue weighted by atomic mass is 10.1. The van der Waals surface area contributed by atoms with Crippen LogP contribution in [-0.2, 0) is 4.74 Å². The molecule has 7 heteroatoms. The summed E-state index contributed by atoms with van der Waals surface area (Å²) in [5.74, 6) is -0.373. The molecule has 0 aliphatic heterocycles. The van der Waals surface area contributed by atoms with E-state index in [4.69, 9.17) is 9.47 Å². The summed E-state index contributed by atoms with van der Waals surface area (Å²) >= 11 is 0. The zero-order chi connectivity index (χ0) is 18.5. The van der Waals surface area contributed by atoms with Crippen LogP contribution in [0.5, 0.6) is 5.75 Å². The van der Waals surface area contributed by atoms with Gasteiger partial charge in [0.05, 0.1) is 19.0 Å². The van der Waals surface area contributed by atoms with E-state index < -0.39 is 12.1 Å². The summed E-state index contributed by atoms with van der Waals surface area (Å²) in [5, 5.41) is 8.13. The van der Waals surface area contributed by atoms with Crippen LogP contribution in [0.25, 0.3) is 5.69 Å². The summed E-state index contributed by atoms with van der Waals surface area (Å²) in [5.41, 5.74) is 1.18. The van der Waals surface area contributed by atoms with E-state index in [9.17, 15) is 9.59 Å². The average Bonchev–Trinajstić information content (AvgIpc) is 3.18. The van der Waals surface area contributed by atoms with E-state index in [2.05, 4.69) is 10.2 Å². The first-order valence-electron chi connectivity index (χ1n) is 7.95. The normalized spacial score (nSPS) is 11.6. The Labute approximate surface area is 150 Å². The van der Waals surface area contributed by atoms with Crippen LogP contribution < -0.4 is 4.74 Å². The van der Waals surface area contributed by atoms with Crippen LogP contribution in [0.4, 0.5) is 0 Å². The highest BCUT2D eigenvalue weighted by atomic mass is 16.5. The van der Waals surface area contributed by atoms with Crippen LogP contribution >= 0.6 is 0 Å². The number of para-hydroxylation sites is 1. The maximum atomic E-state index is 12.4. The number of Topliss-reactive ketones (excluding diaryl/α,β-unsaturated/α-hetero) is 1. The molecule has 0 aliphatic rings. The molecule has 0 radical (unpaired) electrons. The van der Waals surface area contributed by atoms with Crippen molar-refractivity contribution in [1.29, 1.82) is 0 Å². The minimum atomic E-state index is -0.947. The quantitative estimate of drug-likeness (QED) is 0.501. The third-order valence-electron chi connectivity index (χ3n) is 3.72. The topological polar surface area (TPSA) is 83.3 Å². The second-order valence-corrected chi connectivity index (χ2v) is 5.50. The molecule has 0 N–H and O–H groups in total. The molecule has 132 valence electrons. The van der Waals surface area contributed by atoms with Crippen molar-refractivity contribution < 1.29 is 19.1 Å². The number of rotatable bonds is 6. The molecule has 1 aromatic heterocycles. The minimum absolute atomic E-state index is 0.0308. The van der Waals surface area contributed by atoms with Gasteiger partial charge in [0.1, 0.15) is 5.75 Å². The molecular weight excluding hydrogens is 334 g/mol. The number of ketones is 1.